The van der Waals surface area contributed by atoms with Gasteiger partial charge in [0.05, 0.1) is 5.25 Å². The average Bonchev–Trinajstić information content (AvgIpc) is 2.85. The third-order valence-electron chi connectivity index (χ3n) is 5.33. The molecular weight excluding hydrogens is 422 g/mol. The molecule has 1 aromatic rings. The molecule has 2 aliphatic rings. The number of aliphatic carboxylic acids is 1. The number of fused-ring (bicyclic) bond motifs is 1. The number of carboxylic acid groups (broad SMARTS) is 1. The van der Waals surface area contributed by atoms with Gasteiger partial charge in [-0.25, -0.2) is 9.80 Å². The first-order valence-electron chi connectivity index (χ1n) is 10.2. The lowest BCUT2D eigenvalue weighted by molar-refractivity contribution is -0.180. The lowest BCUT2D eigenvalue weighted by Gasteiger charge is -2.41. The minimum Gasteiger partial charge on any atom is -0.480 e. The second-order valence-corrected chi connectivity index (χ2v) is 8.96. The number of thioether (sulfide) groups is 1. The van der Waals surface area contributed by atoms with Gasteiger partial charge in [0.25, 0.3) is 5.91 Å². The fourth-order valence-electron chi connectivity index (χ4n) is 3.87. The van der Waals surface area contributed by atoms with Gasteiger partial charge >= 0.3 is 5.97 Å². The number of hydrogen-bond acceptors (Lipinski definition) is 6. The van der Waals surface area contributed by atoms with E-state index in [0.29, 0.717) is 12.8 Å². The maximum atomic E-state index is 13.2. The van der Waals surface area contributed by atoms with Crippen LogP contribution >= 0.6 is 11.8 Å². The van der Waals surface area contributed by atoms with Gasteiger partial charge in [0.2, 0.25) is 11.8 Å². The summed E-state index contributed by atoms with van der Waals surface area (Å²) in [5.74, 6) is -2.63. The van der Waals surface area contributed by atoms with Crippen molar-refractivity contribution in [2.75, 3.05) is 6.54 Å². The highest BCUT2D eigenvalue weighted by Crippen LogP contribution is 2.25. The van der Waals surface area contributed by atoms with Gasteiger partial charge in [0, 0.05) is 19.9 Å². The molecule has 3 amide bonds. The van der Waals surface area contributed by atoms with Gasteiger partial charge in [-0.3, -0.25) is 24.2 Å². The normalized spacial score (nSPS) is 22.4. The standard InChI is InChI=1S/C21H25N3O6S/c1-13(25)31-17(12-14-6-3-2-4-7-14)19(27)22-15-9-10-18(26)23-11-5-8-16(21(29)30)24(23)20(15)28/h2-4,6-7,15-17H,5,8-12H2,1H3,(H,22,27)(H,29,30)/t15-,16-,17-/m0/s1. The van der Waals surface area contributed by atoms with E-state index in [2.05, 4.69) is 5.32 Å². The molecule has 31 heavy (non-hydrogen) atoms. The van der Waals surface area contributed by atoms with Crippen LogP contribution in [0.3, 0.4) is 0 Å². The summed E-state index contributed by atoms with van der Waals surface area (Å²) in [5.41, 5.74) is 0.868. The molecule has 2 aliphatic heterocycles. The predicted molar refractivity (Wildman–Crippen MR) is 113 cm³/mol. The number of benzene rings is 1. The van der Waals surface area contributed by atoms with Gasteiger partial charge in [0.1, 0.15) is 6.04 Å². The summed E-state index contributed by atoms with van der Waals surface area (Å²) >= 11 is 0.879. The number of nitrogens with one attached hydrogen (secondary N) is 1. The maximum Gasteiger partial charge on any atom is 0.328 e. The van der Waals surface area contributed by atoms with E-state index in [9.17, 15) is 29.1 Å². The van der Waals surface area contributed by atoms with Crippen molar-refractivity contribution >= 4 is 40.6 Å². The van der Waals surface area contributed by atoms with Crippen LogP contribution in [0.25, 0.3) is 0 Å². The first kappa shape index (κ1) is 22.8. The van der Waals surface area contributed by atoms with Gasteiger partial charge in [-0.05, 0) is 31.2 Å². The fourth-order valence-corrected chi connectivity index (χ4v) is 4.72. The van der Waals surface area contributed by atoms with Gasteiger partial charge in [-0.1, -0.05) is 42.1 Å². The van der Waals surface area contributed by atoms with Gasteiger partial charge in [-0.15, -0.1) is 0 Å². The molecule has 166 valence electrons. The summed E-state index contributed by atoms with van der Waals surface area (Å²) in [4.78, 5) is 62.0. The molecule has 2 fully saturated rings. The van der Waals surface area contributed by atoms with E-state index in [4.69, 9.17) is 0 Å². The van der Waals surface area contributed by atoms with Crippen LogP contribution in [0.5, 0.6) is 0 Å². The minimum absolute atomic E-state index is 0.0166. The maximum absolute atomic E-state index is 13.2. The van der Waals surface area contributed by atoms with Crippen molar-refractivity contribution in [3.8, 4) is 0 Å². The molecule has 9 nitrogen and oxygen atoms in total. The first-order valence-corrected chi connectivity index (χ1v) is 11.0. The van der Waals surface area contributed by atoms with Crippen LogP contribution < -0.4 is 5.32 Å². The highest BCUT2D eigenvalue weighted by atomic mass is 32.2. The third kappa shape index (κ3) is 5.43. The fraction of sp³-hybridized carbons (Fsp3) is 0.476. The van der Waals surface area contributed by atoms with E-state index < -0.39 is 35.1 Å². The Hall–Kier alpha value is -2.88. The summed E-state index contributed by atoms with van der Waals surface area (Å²) < 4.78 is 0. The second kappa shape index (κ2) is 9.95. The monoisotopic (exact) mass is 447 g/mol. The Morgan fingerprint density at radius 3 is 2.55 bits per heavy atom. The molecule has 0 unspecified atom stereocenters. The number of carbonyl (C=O) groups excluding carboxylic acids is 4. The van der Waals surface area contributed by atoms with Crippen LogP contribution in [0.2, 0.25) is 0 Å². The van der Waals surface area contributed by atoms with E-state index >= 15 is 0 Å². The molecule has 0 aliphatic carbocycles. The van der Waals surface area contributed by atoms with Crippen LogP contribution in [-0.4, -0.2) is 67.8 Å². The van der Waals surface area contributed by atoms with Crippen LogP contribution in [0.15, 0.2) is 30.3 Å². The SMILES string of the molecule is CC(=O)S[C@@H](Cc1ccccc1)C(=O)N[C@H]1CCC(=O)N2CCC[C@@H](C(=O)O)N2C1=O. The average molecular weight is 448 g/mol. The zero-order valence-electron chi connectivity index (χ0n) is 17.2. The van der Waals surface area contributed by atoms with Gasteiger partial charge in [0.15, 0.2) is 11.2 Å². The molecule has 2 heterocycles. The zero-order valence-corrected chi connectivity index (χ0v) is 18.0. The summed E-state index contributed by atoms with van der Waals surface area (Å²) in [6, 6.07) is 7.03. The number of nitrogens with zero attached hydrogens (tertiary/aromatic N) is 2. The topological polar surface area (TPSA) is 124 Å². The summed E-state index contributed by atoms with van der Waals surface area (Å²) in [6.07, 6.45) is 1.11. The molecule has 10 heteroatoms. The number of hydrazine groups is 1. The van der Waals surface area contributed by atoms with E-state index in [-0.39, 0.29) is 36.8 Å². The van der Waals surface area contributed by atoms with Crippen LogP contribution in [0.4, 0.5) is 0 Å². The minimum atomic E-state index is -1.19. The van der Waals surface area contributed by atoms with Crippen LogP contribution in [-0.2, 0) is 30.4 Å². The summed E-state index contributed by atoms with van der Waals surface area (Å²) in [6.45, 7) is 1.64. The number of carboxylic acids is 1. The third-order valence-corrected chi connectivity index (χ3v) is 6.32. The van der Waals surface area contributed by atoms with E-state index in [0.717, 1.165) is 22.3 Å². The van der Waals surface area contributed by atoms with Gasteiger partial charge < -0.3 is 10.4 Å². The lowest BCUT2D eigenvalue weighted by atomic mass is 10.1. The quantitative estimate of drug-likeness (QED) is 0.666. The van der Waals surface area contributed by atoms with Gasteiger partial charge in [-0.2, -0.15) is 0 Å². The number of carbonyl (C=O) groups is 5. The van der Waals surface area contributed by atoms with Crippen molar-refractivity contribution in [2.45, 2.75) is 56.4 Å². The summed E-state index contributed by atoms with van der Waals surface area (Å²) in [5, 5.41) is 13.4. The van der Waals surface area contributed by atoms with E-state index in [1.165, 1.54) is 11.9 Å². The Morgan fingerprint density at radius 2 is 1.90 bits per heavy atom. The Balaban J connectivity index is 1.79. The zero-order chi connectivity index (χ0) is 22.5. The summed E-state index contributed by atoms with van der Waals surface area (Å²) in [7, 11) is 0. The molecule has 3 rings (SSSR count). The number of amides is 3. The lowest BCUT2D eigenvalue weighted by Crippen LogP contribution is -2.62. The molecular formula is C21H25N3O6S. The molecule has 0 bridgehead atoms. The Morgan fingerprint density at radius 1 is 1.19 bits per heavy atom. The first-order chi connectivity index (χ1) is 14.8. The predicted octanol–water partition coefficient (Wildman–Crippen LogP) is 0.975. The molecule has 2 N–H and O–H groups in total. The van der Waals surface area contributed by atoms with Crippen molar-refractivity contribution < 1.29 is 29.1 Å². The second-order valence-electron chi connectivity index (χ2n) is 7.58. The Bertz CT molecular complexity index is 877. The van der Waals surface area contributed by atoms with Crippen molar-refractivity contribution in [2.24, 2.45) is 0 Å². The van der Waals surface area contributed by atoms with Crippen molar-refractivity contribution in [3.05, 3.63) is 35.9 Å². The molecule has 3 atom stereocenters. The Labute approximate surface area is 184 Å². The van der Waals surface area contributed by atoms with Crippen LogP contribution in [0.1, 0.15) is 38.2 Å². The molecule has 1 aromatic carbocycles. The number of rotatable bonds is 6. The van der Waals surface area contributed by atoms with E-state index in [1.54, 1.807) is 0 Å². The Kier molecular flexibility index (Phi) is 7.32. The molecule has 0 spiro atoms. The van der Waals surface area contributed by atoms with Crippen molar-refractivity contribution in [1.82, 2.24) is 15.3 Å². The highest BCUT2D eigenvalue weighted by Gasteiger charge is 2.45. The van der Waals surface area contributed by atoms with Crippen molar-refractivity contribution in [1.29, 1.82) is 0 Å². The molecule has 0 aromatic heterocycles. The highest BCUT2D eigenvalue weighted by molar-refractivity contribution is 8.14. The smallest absolute Gasteiger partial charge is 0.328 e. The van der Waals surface area contributed by atoms with Crippen molar-refractivity contribution in [3.63, 3.8) is 0 Å². The van der Waals surface area contributed by atoms with E-state index in [1.807, 2.05) is 30.3 Å². The molecule has 2 saturated heterocycles. The van der Waals surface area contributed by atoms with Crippen LogP contribution in [0, 0.1) is 0 Å². The number of hydrogen-bond donors (Lipinski definition) is 2. The molecule has 0 saturated carbocycles. The molecule has 0 radical (unpaired) electrons. The largest absolute Gasteiger partial charge is 0.480 e.